The van der Waals surface area contributed by atoms with Crippen molar-refractivity contribution in [1.29, 1.82) is 0 Å². The Kier molecular flexibility index (Phi) is 5.24. The van der Waals surface area contributed by atoms with Crippen LogP contribution in [0.25, 0.3) is 10.9 Å². The fourth-order valence-electron chi connectivity index (χ4n) is 4.90. The second-order valence-electron chi connectivity index (χ2n) is 8.29. The monoisotopic (exact) mass is 417 g/mol. The second-order valence-corrected chi connectivity index (χ2v) is 8.29. The summed E-state index contributed by atoms with van der Waals surface area (Å²) < 4.78 is 8.36. The summed E-state index contributed by atoms with van der Waals surface area (Å²) in [7, 11) is 0. The van der Waals surface area contributed by atoms with Crippen LogP contribution in [0.5, 0.6) is 5.75 Å². The summed E-state index contributed by atoms with van der Waals surface area (Å²) in [6, 6.07) is 14.1. The topological polar surface area (TPSA) is 63.6 Å². The minimum absolute atomic E-state index is 0.0152. The van der Waals surface area contributed by atoms with Gasteiger partial charge in [0.2, 0.25) is 11.7 Å². The first kappa shape index (κ1) is 19.8. The molecule has 0 fully saturated rings. The van der Waals surface area contributed by atoms with Crippen molar-refractivity contribution in [2.45, 2.75) is 32.9 Å². The second kappa shape index (κ2) is 8.19. The molecule has 3 aromatic rings. The van der Waals surface area contributed by atoms with Gasteiger partial charge in [-0.05, 0) is 24.1 Å². The van der Waals surface area contributed by atoms with Gasteiger partial charge in [-0.3, -0.25) is 9.59 Å². The summed E-state index contributed by atoms with van der Waals surface area (Å²) in [5.74, 6) is 0.860. The zero-order valence-corrected chi connectivity index (χ0v) is 17.8. The first-order valence-electron chi connectivity index (χ1n) is 11.0. The maximum Gasteiger partial charge on any atom is 0.219 e. The molecule has 1 N–H and O–H groups in total. The summed E-state index contributed by atoms with van der Waals surface area (Å²) in [6.45, 7) is 5.54. The molecule has 1 amide bonds. The number of fused-ring (bicyclic) bond motifs is 4. The minimum Gasteiger partial charge on any atom is -0.485 e. The molecular weight excluding hydrogens is 390 g/mol. The number of ketones is 1. The Morgan fingerprint density at radius 1 is 1.03 bits per heavy atom. The Hall–Kier alpha value is -3.12. The van der Waals surface area contributed by atoms with Gasteiger partial charge in [-0.15, -0.1) is 0 Å². The Bertz CT molecular complexity index is 1160. The number of rotatable bonds is 4. The van der Waals surface area contributed by atoms with Gasteiger partial charge in [-0.25, -0.2) is 0 Å². The number of ether oxygens (including phenoxy) is 1. The van der Waals surface area contributed by atoms with Gasteiger partial charge in [0.25, 0.3) is 0 Å². The van der Waals surface area contributed by atoms with Crippen LogP contribution in [-0.2, 0) is 30.7 Å². The SMILES string of the molecule is CC(=O)N1CCc2c(cccc2OCC(=O)c2c3n(c4ccccc24)CCNCC3)C1. The number of nitrogens with zero attached hydrogens (tertiary/aromatic N) is 2. The molecule has 6 heteroatoms. The molecule has 6 nitrogen and oxygen atoms in total. The number of hydrogen-bond donors (Lipinski definition) is 1. The number of para-hydroxylation sites is 1. The Morgan fingerprint density at radius 3 is 2.77 bits per heavy atom. The highest BCUT2D eigenvalue weighted by atomic mass is 16.5. The van der Waals surface area contributed by atoms with Crippen molar-refractivity contribution >= 4 is 22.6 Å². The number of aromatic nitrogens is 1. The third-order valence-electron chi connectivity index (χ3n) is 6.44. The minimum atomic E-state index is 0.0152. The van der Waals surface area contributed by atoms with Crippen LogP contribution in [0.3, 0.4) is 0 Å². The van der Waals surface area contributed by atoms with Gasteiger partial charge in [-0.1, -0.05) is 30.3 Å². The molecule has 0 radical (unpaired) electrons. The molecule has 5 rings (SSSR count). The van der Waals surface area contributed by atoms with Crippen molar-refractivity contribution in [3.8, 4) is 5.75 Å². The Morgan fingerprint density at radius 2 is 1.90 bits per heavy atom. The lowest BCUT2D eigenvalue weighted by molar-refractivity contribution is -0.129. The van der Waals surface area contributed by atoms with Gasteiger partial charge in [0.1, 0.15) is 5.75 Å². The fourth-order valence-corrected chi connectivity index (χ4v) is 4.90. The lowest BCUT2D eigenvalue weighted by Crippen LogP contribution is -2.34. The summed E-state index contributed by atoms with van der Waals surface area (Å²) in [4.78, 5) is 26.9. The number of amides is 1. The molecule has 0 saturated carbocycles. The lowest BCUT2D eigenvalue weighted by atomic mass is 9.98. The number of nitrogens with one attached hydrogen (secondary N) is 1. The lowest BCUT2D eigenvalue weighted by Gasteiger charge is -2.29. The van der Waals surface area contributed by atoms with E-state index < -0.39 is 0 Å². The zero-order chi connectivity index (χ0) is 21.4. The van der Waals surface area contributed by atoms with E-state index >= 15 is 0 Å². The molecule has 2 aliphatic rings. The van der Waals surface area contributed by atoms with E-state index in [-0.39, 0.29) is 18.3 Å². The van der Waals surface area contributed by atoms with Crippen LogP contribution in [0.1, 0.15) is 34.1 Å². The molecule has 0 spiro atoms. The molecule has 1 aromatic heterocycles. The average molecular weight is 418 g/mol. The van der Waals surface area contributed by atoms with Crippen LogP contribution >= 0.6 is 0 Å². The van der Waals surface area contributed by atoms with Crippen LogP contribution in [0.15, 0.2) is 42.5 Å². The molecule has 31 heavy (non-hydrogen) atoms. The summed E-state index contributed by atoms with van der Waals surface area (Å²) in [5, 5.41) is 4.44. The number of Topliss-reactive ketones (excluding diaryl/α,β-unsaturated/α-hetero) is 1. The van der Waals surface area contributed by atoms with Gasteiger partial charge >= 0.3 is 0 Å². The van der Waals surface area contributed by atoms with E-state index in [1.165, 1.54) is 0 Å². The van der Waals surface area contributed by atoms with Crippen molar-refractivity contribution in [3.63, 3.8) is 0 Å². The first-order chi connectivity index (χ1) is 15.1. The van der Waals surface area contributed by atoms with Crippen LogP contribution in [-0.4, -0.2) is 47.4 Å². The average Bonchev–Trinajstić information content (AvgIpc) is 2.92. The van der Waals surface area contributed by atoms with E-state index in [2.05, 4.69) is 16.0 Å². The zero-order valence-electron chi connectivity index (χ0n) is 17.8. The summed E-state index contributed by atoms with van der Waals surface area (Å²) >= 11 is 0. The van der Waals surface area contributed by atoms with E-state index in [9.17, 15) is 9.59 Å². The number of benzene rings is 2. The smallest absolute Gasteiger partial charge is 0.219 e. The van der Waals surface area contributed by atoms with Gasteiger partial charge in [-0.2, -0.15) is 0 Å². The standard InChI is InChI=1S/C25H27N3O3/c1-17(29)27-13-10-19-18(15-27)5-4-8-24(19)31-16-23(30)25-20-6-2-3-7-21(20)28-14-12-26-11-9-22(25)28/h2-8,26H,9-16H2,1H3. The third-order valence-corrected chi connectivity index (χ3v) is 6.44. The van der Waals surface area contributed by atoms with E-state index in [4.69, 9.17) is 4.74 Å². The van der Waals surface area contributed by atoms with Gasteiger partial charge < -0.3 is 19.5 Å². The van der Waals surface area contributed by atoms with E-state index in [1.54, 1.807) is 6.92 Å². The van der Waals surface area contributed by atoms with Crippen molar-refractivity contribution in [1.82, 2.24) is 14.8 Å². The van der Waals surface area contributed by atoms with Crippen LogP contribution < -0.4 is 10.1 Å². The van der Waals surface area contributed by atoms with Gasteiger partial charge in [0.15, 0.2) is 6.61 Å². The molecule has 2 aromatic carbocycles. The number of carbonyl (C=O) groups excluding carboxylic acids is 2. The largest absolute Gasteiger partial charge is 0.485 e. The molecule has 0 unspecified atom stereocenters. The van der Waals surface area contributed by atoms with Crippen molar-refractivity contribution in [3.05, 3.63) is 64.8 Å². The van der Waals surface area contributed by atoms with Gasteiger partial charge in [0.05, 0.1) is 5.56 Å². The number of carbonyl (C=O) groups is 2. The predicted octanol–water partition coefficient (Wildman–Crippen LogP) is 2.95. The quantitative estimate of drug-likeness (QED) is 0.663. The highest BCUT2D eigenvalue weighted by molar-refractivity contribution is 6.10. The van der Waals surface area contributed by atoms with E-state index in [0.717, 1.165) is 71.5 Å². The Balaban J connectivity index is 1.42. The summed E-state index contributed by atoms with van der Waals surface area (Å²) in [6.07, 6.45) is 1.58. The van der Waals surface area contributed by atoms with Gasteiger partial charge in [0, 0.05) is 68.2 Å². The normalized spacial score (nSPS) is 15.8. The van der Waals surface area contributed by atoms with Crippen molar-refractivity contribution < 1.29 is 14.3 Å². The molecule has 0 atom stereocenters. The maximum atomic E-state index is 13.4. The van der Waals surface area contributed by atoms with Crippen molar-refractivity contribution in [2.24, 2.45) is 0 Å². The first-order valence-corrected chi connectivity index (χ1v) is 11.0. The molecule has 0 saturated heterocycles. The highest BCUT2D eigenvalue weighted by Gasteiger charge is 2.25. The van der Waals surface area contributed by atoms with E-state index in [0.29, 0.717) is 13.1 Å². The van der Waals surface area contributed by atoms with Crippen LogP contribution in [0, 0.1) is 0 Å². The summed E-state index contributed by atoms with van der Waals surface area (Å²) in [5.41, 5.74) is 5.23. The molecule has 0 aliphatic carbocycles. The Labute approximate surface area is 181 Å². The highest BCUT2D eigenvalue weighted by Crippen LogP contribution is 2.30. The molecule has 0 bridgehead atoms. The van der Waals surface area contributed by atoms with Crippen LogP contribution in [0.2, 0.25) is 0 Å². The molecule has 160 valence electrons. The van der Waals surface area contributed by atoms with E-state index in [1.807, 2.05) is 41.3 Å². The molecule has 3 heterocycles. The van der Waals surface area contributed by atoms with Crippen molar-refractivity contribution in [2.75, 3.05) is 26.2 Å². The third kappa shape index (κ3) is 3.61. The number of hydrogen-bond acceptors (Lipinski definition) is 4. The molecular formula is C25H27N3O3. The maximum absolute atomic E-state index is 13.4. The molecule has 2 aliphatic heterocycles. The fraction of sp³-hybridized carbons (Fsp3) is 0.360. The predicted molar refractivity (Wildman–Crippen MR) is 120 cm³/mol. The van der Waals surface area contributed by atoms with Crippen LogP contribution in [0.4, 0.5) is 0 Å².